The Bertz CT molecular complexity index is 2010. The number of methoxy groups -OCH3 is 1. The molecule has 4 heterocycles. The number of likely N-dealkylation sites (N-methyl/N-ethyl adjacent to an activating group) is 2. The number of ether oxygens (including phenoxy) is 2. The first-order chi connectivity index (χ1) is 23.1. The first-order valence-corrected chi connectivity index (χ1v) is 16.2. The second-order valence-electron chi connectivity index (χ2n) is 12.1. The molecule has 1 amide bonds. The molecule has 0 radical (unpaired) electrons. The first-order valence-electron chi connectivity index (χ1n) is 15.4. The summed E-state index contributed by atoms with van der Waals surface area (Å²) in [6, 6.07) is 9.88. The summed E-state index contributed by atoms with van der Waals surface area (Å²) in [5.74, 6) is -0.266. The molecule has 0 saturated carbocycles. The minimum atomic E-state index is -0.951. The number of hydrogen-bond donors (Lipinski definition) is 1. The average molecular weight is 673 g/mol. The third kappa shape index (κ3) is 5.76. The van der Waals surface area contributed by atoms with E-state index in [0.717, 1.165) is 11.3 Å². The summed E-state index contributed by atoms with van der Waals surface area (Å²) in [4.78, 5) is 27.8. The van der Waals surface area contributed by atoms with Crippen molar-refractivity contribution < 1.29 is 23.0 Å². The molecule has 2 aromatic carbocycles. The minimum Gasteiger partial charge on any atom is -0.462 e. The lowest BCUT2D eigenvalue weighted by atomic mass is 9.94. The molecule has 0 aliphatic carbocycles. The van der Waals surface area contributed by atoms with E-state index in [1.54, 1.807) is 24.1 Å². The quantitative estimate of drug-likeness (QED) is 0.250. The van der Waals surface area contributed by atoms with Gasteiger partial charge >= 0.3 is 6.01 Å². The maximum absolute atomic E-state index is 14.9. The van der Waals surface area contributed by atoms with Gasteiger partial charge < -0.3 is 25.0 Å². The van der Waals surface area contributed by atoms with Gasteiger partial charge in [0.2, 0.25) is 5.91 Å². The zero-order chi connectivity index (χ0) is 34.3. The predicted octanol–water partition coefficient (Wildman–Crippen LogP) is 4.64. The van der Waals surface area contributed by atoms with Crippen molar-refractivity contribution in [3.8, 4) is 29.3 Å². The smallest absolute Gasteiger partial charge is 0.319 e. The van der Waals surface area contributed by atoms with Gasteiger partial charge in [-0.15, -0.1) is 11.3 Å². The zero-order valence-corrected chi connectivity index (χ0v) is 27.6. The molecule has 2 saturated heterocycles. The number of nitrogen functional groups attached to an aromatic ring is 1. The molecule has 6 rings (SSSR count). The molecular weight excluding hydrogens is 638 g/mol. The highest BCUT2D eigenvalue weighted by Gasteiger charge is 2.40. The van der Waals surface area contributed by atoms with E-state index in [2.05, 4.69) is 18.7 Å². The summed E-state index contributed by atoms with van der Waals surface area (Å²) in [5, 5.41) is 21.3. The molecule has 2 aliphatic heterocycles. The highest BCUT2D eigenvalue weighted by Crippen LogP contribution is 2.43. The Balaban J connectivity index is 1.51. The van der Waals surface area contributed by atoms with Crippen molar-refractivity contribution >= 4 is 49.1 Å². The van der Waals surface area contributed by atoms with Crippen LogP contribution in [0.1, 0.15) is 24.0 Å². The highest BCUT2D eigenvalue weighted by molar-refractivity contribution is 7.23. The molecule has 11 nitrogen and oxygen atoms in total. The molecule has 4 atom stereocenters. The van der Waals surface area contributed by atoms with Gasteiger partial charge in [0.05, 0.1) is 46.1 Å². The van der Waals surface area contributed by atoms with Crippen molar-refractivity contribution in [2.24, 2.45) is 0 Å². The van der Waals surface area contributed by atoms with Crippen LogP contribution in [0.25, 0.3) is 32.1 Å². The van der Waals surface area contributed by atoms with E-state index in [-0.39, 0.29) is 64.1 Å². The number of rotatable bonds is 9. The van der Waals surface area contributed by atoms with Crippen LogP contribution in [0.3, 0.4) is 0 Å². The van der Waals surface area contributed by atoms with Crippen LogP contribution in [-0.2, 0) is 9.53 Å². The number of thiophene rings is 1. The molecule has 248 valence electrons. The number of halogens is 2. The number of anilines is 2. The monoisotopic (exact) mass is 672 g/mol. The van der Waals surface area contributed by atoms with E-state index >= 15 is 0 Å². The second kappa shape index (κ2) is 13.3. The number of likely N-dealkylation sites (tertiary alicyclic amines) is 2. The minimum absolute atomic E-state index is 0.0535. The summed E-state index contributed by atoms with van der Waals surface area (Å²) in [6.07, 6.45) is 1.27. The molecule has 0 spiro atoms. The second-order valence-corrected chi connectivity index (χ2v) is 13.1. The van der Waals surface area contributed by atoms with Gasteiger partial charge in [-0.1, -0.05) is 12.6 Å². The maximum atomic E-state index is 14.9. The number of nitrogens with two attached hydrogens (primary N) is 1. The normalized spacial score (nSPS) is 21.0. The number of alkyl halides is 1. The number of aromatic nitrogens is 2. The first kappa shape index (κ1) is 33.0. The van der Waals surface area contributed by atoms with Gasteiger partial charge in [0, 0.05) is 49.6 Å². The van der Waals surface area contributed by atoms with Gasteiger partial charge in [-0.2, -0.15) is 20.5 Å². The lowest BCUT2D eigenvalue weighted by molar-refractivity contribution is -0.127. The Morgan fingerprint density at radius 2 is 2.04 bits per heavy atom. The third-order valence-electron chi connectivity index (χ3n) is 9.31. The Hall–Kier alpha value is -4.89. The fourth-order valence-corrected chi connectivity index (χ4v) is 7.85. The van der Waals surface area contributed by atoms with Gasteiger partial charge in [-0.25, -0.2) is 8.78 Å². The molecule has 4 aromatic rings. The highest BCUT2D eigenvalue weighted by atomic mass is 32.1. The van der Waals surface area contributed by atoms with Crippen molar-refractivity contribution in [3.63, 3.8) is 0 Å². The molecule has 2 fully saturated rings. The number of carbonyl (C=O) groups excluding carboxylic acids is 1. The van der Waals surface area contributed by atoms with E-state index in [0.29, 0.717) is 59.2 Å². The molecular formula is C34H34F2N8O3S. The fraction of sp³-hybridized carbons (Fsp3) is 0.382. The molecule has 48 heavy (non-hydrogen) atoms. The van der Waals surface area contributed by atoms with E-state index in [9.17, 15) is 24.1 Å². The number of carbonyl (C=O) groups is 1. The van der Waals surface area contributed by atoms with Crippen molar-refractivity contribution in [1.29, 1.82) is 10.5 Å². The maximum Gasteiger partial charge on any atom is 0.319 e. The Labute approximate surface area is 280 Å². The van der Waals surface area contributed by atoms with Crippen LogP contribution in [-0.4, -0.2) is 97.5 Å². The van der Waals surface area contributed by atoms with E-state index < -0.39 is 12.0 Å². The summed E-state index contributed by atoms with van der Waals surface area (Å²) in [5.41, 5.74) is 7.81. The van der Waals surface area contributed by atoms with Crippen LogP contribution in [0.2, 0.25) is 0 Å². The molecule has 0 bridgehead atoms. The van der Waals surface area contributed by atoms with Crippen molar-refractivity contribution in [1.82, 2.24) is 19.8 Å². The largest absolute Gasteiger partial charge is 0.462 e. The molecule has 2 N–H and O–H groups in total. The Morgan fingerprint density at radius 1 is 1.25 bits per heavy atom. The third-order valence-corrected chi connectivity index (χ3v) is 10.3. The van der Waals surface area contributed by atoms with Crippen LogP contribution >= 0.6 is 11.3 Å². The lowest BCUT2D eigenvalue weighted by Gasteiger charge is -2.33. The number of nitriles is 2. The zero-order valence-electron chi connectivity index (χ0n) is 26.7. The van der Waals surface area contributed by atoms with E-state index in [1.807, 2.05) is 23.9 Å². The van der Waals surface area contributed by atoms with Gasteiger partial charge in [0.15, 0.2) is 0 Å². The SMILES string of the molecule is C=CC(=O)N1CCC(N(C)c2nc(OC[C@@H]3C[C@@H](F)CN3C)nc3cc(-c4ccc(F)c5sc(N)c(C#N)c45)c(C#N)cc23)C1COC. The fourth-order valence-electron chi connectivity index (χ4n) is 6.90. The molecule has 2 unspecified atom stereocenters. The topological polar surface area (TPSA) is 145 Å². The molecule has 2 aliphatic rings. The Kier molecular flexibility index (Phi) is 9.16. The predicted molar refractivity (Wildman–Crippen MR) is 180 cm³/mol. The summed E-state index contributed by atoms with van der Waals surface area (Å²) in [7, 11) is 5.27. The van der Waals surface area contributed by atoms with Crippen LogP contribution in [0.15, 0.2) is 36.9 Å². The number of nitrogens with zero attached hydrogens (tertiary/aromatic N) is 7. The number of amides is 1. The summed E-state index contributed by atoms with van der Waals surface area (Å²) < 4.78 is 40.9. The van der Waals surface area contributed by atoms with Crippen molar-refractivity contribution in [3.05, 3.63) is 53.9 Å². The molecule has 14 heteroatoms. The van der Waals surface area contributed by atoms with Crippen molar-refractivity contribution in [2.75, 3.05) is 58.1 Å². The van der Waals surface area contributed by atoms with Gasteiger partial charge in [-0.05, 0) is 49.7 Å². The van der Waals surface area contributed by atoms with Crippen LogP contribution in [0.4, 0.5) is 19.6 Å². The van der Waals surface area contributed by atoms with Gasteiger partial charge in [-0.3, -0.25) is 9.69 Å². The van der Waals surface area contributed by atoms with Gasteiger partial charge in [0.25, 0.3) is 0 Å². The van der Waals surface area contributed by atoms with Crippen LogP contribution in [0.5, 0.6) is 6.01 Å². The van der Waals surface area contributed by atoms with Crippen molar-refractivity contribution in [2.45, 2.75) is 37.1 Å². The van der Waals surface area contributed by atoms with Crippen LogP contribution in [0, 0.1) is 28.5 Å². The van der Waals surface area contributed by atoms with E-state index in [4.69, 9.17) is 25.2 Å². The van der Waals surface area contributed by atoms with Gasteiger partial charge in [0.1, 0.15) is 35.5 Å². The number of hydrogen-bond acceptors (Lipinski definition) is 11. The van der Waals surface area contributed by atoms with Crippen LogP contribution < -0.4 is 15.4 Å². The molecule has 2 aromatic heterocycles. The number of fused-ring (bicyclic) bond motifs is 2. The van der Waals surface area contributed by atoms with E-state index in [1.165, 1.54) is 18.2 Å². The Morgan fingerprint density at radius 3 is 2.71 bits per heavy atom. The summed E-state index contributed by atoms with van der Waals surface area (Å²) >= 11 is 0.976. The average Bonchev–Trinajstić information content (AvgIpc) is 3.76. The standard InChI is InChI=1S/C34H34F2N8O3S/c1-5-29(45)44-9-8-27(28(44)17-46-4)43(3)33-23-10-18(13-37)22(21-6-7-25(36)31-30(21)24(14-38)32(39)48-31)12-26(23)40-34(41-33)47-16-20-11-19(35)15-42(20)2/h5-7,10,12,19-20,27-28H,1,8-9,11,15-17,39H2,2-4H3/t19-,20+,27?,28?/m1/s1. The number of benzene rings is 2. The summed E-state index contributed by atoms with van der Waals surface area (Å²) in [6.45, 7) is 4.88. The lowest BCUT2D eigenvalue weighted by Crippen LogP contribution is -2.48.